The summed E-state index contributed by atoms with van der Waals surface area (Å²) in [7, 11) is 1.58. The Morgan fingerprint density at radius 2 is 1.66 bits per heavy atom. The van der Waals surface area contributed by atoms with E-state index in [1.807, 2.05) is 0 Å². The molecule has 3 aromatic carbocycles. The second-order valence-corrected chi connectivity index (χ2v) is 5.80. The molecular weight excluding hydrogens is 378 g/mol. The molecule has 0 bridgehead atoms. The monoisotopic (exact) mass is 393 g/mol. The van der Waals surface area contributed by atoms with Crippen molar-refractivity contribution in [1.82, 2.24) is 0 Å². The third-order valence-corrected chi connectivity index (χ3v) is 3.87. The van der Waals surface area contributed by atoms with Gasteiger partial charge in [-0.2, -0.15) is 0 Å². The number of hydrogen-bond acceptors (Lipinski definition) is 7. The van der Waals surface area contributed by atoms with Crippen LogP contribution in [0.3, 0.4) is 0 Å². The predicted molar refractivity (Wildman–Crippen MR) is 107 cm³/mol. The fourth-order valence-corrected chi connectivity index (χ4v) is 2.45. The molecule has 0 amide bonds. The summed E-state index contributed by atoms with van der Waals surface area (Å²) in [6.45, 7) is 0. The predicted octanol–water partition coefficient (Wildman–Crippen LogP) is 5.05. The molecule has 9 nitrogen and oxygen atoms in total. The molecule has 0 atom stereocenters. The van der Waals surface area contributed by atoms with E-state index < -0.39 is 15.5 Å². The van der Waals surface area contributed by atoms with Crippen LogP contribution in [0.2, 0.25) is 0 Å². The molecule has 0 radical (unpaired) electrons. The number of rotatable bonds is 7. The Morgan fingerprint density at radius 1 is 0.897 bits per heavy atom. The minimum Gasteiger partial charge on any atom is -0.497 e. The third-order valence-electron chi connectivity index (χ3n) is 3.87. The first-order valence-corrected chi connectivity index (χ1v) is 8.35. The standard InChI is InChI=1S/C20H15N3O6/c1-28-17-8-5-15(6-9-17)21-13-14-3-2-4-18(11-14)29-20-10-7-16(22(24)25)12-19(20)23(26)27/h2-13H,1H3. The van der Waals surface area contributed by atoms with E-state index in [-0.39, 0.29) is 11.4 Å². The Bertz CT molecular complexity index is 1080. The quantitative estimate of drug-likeness (QED) is 0.315. The van der Waals surface area contributed by atoms with Crippen LogP contribution in [0.15, 0.2) is 71.7 Å². The van der Waals surface area contributed by atoms with E-state index in [0.717, 1.165) is 23.6 Å². The van der Waals surface area contributed by atoms with Gasteiger partial charge in [0.05, 0.1) is 28.7 Å². The normalized spacial score (nSPS) is 10.7. The van der Waals surface area contributed by atoms with Crippen LogP contribution in [0.4, 0.5) is 17.1 Å². The highest BCUT2D eigenvalue weighted by atomic mass is 16.6. The van der Waals surface area contributed by atoms with E-state index in [1.54, 1.807) is 61.9 Å². The molecule has 146 valence electrons. The summed E-state index contributed by atoms with van der Waals surface area (Å²) < 4.78 is 10.7. The first-order valence-electron chi connectivity index (χ1n) is 8.35. The fraction of sp³-hybridized carbons (Fsp3) is 0.0500. The lowest BCUT2D eigenvalue weighted by molar-refractivity contribution is -0.394. The minimum atomic E-state index is -0.725. The van der Waals surface area contributed by atoms with E-state index in [9.17, 15) is 20.2 Å². The molecule has 0 aliphatic carbocycles. The summed E-state index contributed by atoms with van der Waals surface area (Å²) in [6, 6.07) is 17.2. The molecule has 0 fully saturated rings. The number of methoxy groups -OCH3 is 1. The highest BCUT2D eigenvalue weighted by molar-refractivity contribution is 5.82. The van der Waals surface area contributed by atoms with Crippen LogP contribution >= 0.6 is 0 Å². The van der Waals surface area contributed by atoms with Gasteiger partial charge in [0.15, 0.2) is 0 Å². The molecule has 0 N–H and O–H groups in total. The maximum atomic E-state index is 11.2. The Hall–Kier alpha value is -4.27. The average molecular weight is 393 g/mol. The lowest BCUT2D eigenvalue weighted by Crippen LogP contribution is -1.96. The lowest BCUT2D eigenvalue weighted by Gasteiger charge is -2.07. The molecule has 0 aromatic heterocycles. The smallest absolute Gasteiger partial charge is 0.318 e. The van der Waals surface area contributed by atoms with Crippen molar-refractivity contribution in [2.24, 2.45) is 4.99 Å². The highest BCUT2D eigenvalue weighted by Gasteiger charge is 2.21. The van der Waals surface area contributed by atoms with E-state index in [2.05, 4.69) is 4.99 Å². The summed E-state index contributed by atoms with van der Waals surface area (Å²) in [6.07, 6.45) is 1.62. The van der Waals surface area contributed by atoms with Crippen LogP contribution < -0.4 is 9.47 Å². The number of nitro benzene ring substituents is 2. The van der Waals surface area contributed by atoms with Crippen LogP contribution in [0.5, 0.6) is 17.2 Å². The summed E-state index contributed by atoms with van der Waals surface area (Å²) in [4.78, 5) is 25.0. The molecule has 0 aliphatic heterocycles. The number of aliphatic imine (C=N–C) groups is 1. The van der Waals surface area contributed by atoms with E-state index >= 15 is 0 Å². The topological polar surface area (TPSA) is 117 Å². The summed E-state index contributed by atoms with van der Waals surface area (Å²) in [5, 5.41) is 22.1. The van der Waals surface area contributed by atoms with Crippen LogP contribution in [-0.4, -0.2) is 23.2 Å². The zero-order chi connectivity index (χ0) is 20.8. The van der Waals surface area contributed by atoms with E-state index in [4.69, 9.17) is 9.47 Å². The number of non-ortho nitro benzene ring substituents is 1. The Kier molecular flexibility index (Phi) is 5.79. The second kappa shape index (κ2) is 8.61. The first kappa shape index (κ1) is 19.5. The van der Waals surface area contributed by atoms with Crippen molar-refractivity contribution in [2.75, 3.05) is 7.11 Å². The van der Waals surface area contributed by atoms with Gasteiger partial charge in [-0.1, -0.05) is 12.1 Å². The molecule has 29 heavy (non-hydrogen) atoms. The molecule has 3 rings (SSSR count). The third kappa shape index (κ3) is 4.92. The number of nitro groups is 2. The van der Waals surface area contributed by atoms with Gasteiger partial charge in [0.1, 0.15) is 11.5 Å². The Morgan fingerprint density at radius 3 is 2.31 bits per heavy atom. The van der Waals surface area contributed by atoms with Crippen LogP contribution in [0.1, 0.15) is 5.56 Å². The van der Waals surface area contributed by atoms with Crippen molar-refractivity contribution in [3.05, 3.63) is 92.5 Å². The SMILES string of the molecule is COc1ccc(N=Cc2cccc(Oc3ccc([N+](=O)[O-])cc3[N+](=O)[O-])c2)cc1. The summed E-state index contributed by atoms with van der Waals surface area (Å²) in [5.41, 5.74) is 0.562. The molecular formula is C20H15N3O6. The zero-order valence-electron chi connectivity index (χ0n) is 15.2. The van der Waals surface area contributed by atoms with Crippen molar-refractivity contribution >= 4 is 23.3 Å². The van der Waals surface area contributed by atoms with Gasteiger partial charge in [0.2, 0.25) is 5.75 Å². The van der Waals surface area contributed by atoms with Crippen molar-refractivity contribution in [3.8, 4) is 17.2 Å². The van der Waals surface area contributed by atoms with Gasteiger partial charge in [-0.3, -0.25) is 25.2 Å². The van der Waals surface area contributed by atoms with Gasteiger partial charge in [-0.05, 0) is 48.0 Å². The zero-order valence-corrected chi connectivity index (χ0v) is 15.2. The van der Waals surface area contributed by atoms with Gasteiger partial charge in [0.25, 0.3) is 5.69 Å². The average Bonchev–Trinajstić information content (AvgIpc) is 2.73. The van der Waals surface area contributed by atoms with Gasteiger partial charge in [-0.15, -0.1) is 0 Å². The van der Waals surface area contributed by atoms with Crippen LogP contribution in [-0.2, 0) is 0 Å². The molecule has 0 unspecified atom stereocenters. The van der Waals surface area contributed by atoms with E-state index in [0.29, 0.717) is 11.3 Å². The molecule has 0 spiro atoms. The molecule has 0 heterocycles. The number of hydrogen-bond donors (Lipinski definition) is 0. The van der Waals surface area contributed by atoms with Gasteiger partial charge in [-0.25, -0.2) is 0 Å². The van der Waals surface area contributed by atoms with Crippen molar-refractivity contribution < 1.29 is 19.3 Å². The summed E-state index contributed by atoms with van der Waals surface area (Å²) in [5.74, 6) is 0.967. The van der Waals surface area contributed by atoms with Gasteiger partial charge >= 0.3 is 5.69 Å². The Balaban J connectivity index is 1.82. The maximum Gasteiger partial charge on any atom is 0.318 e. The second-order valence-electron chi connectivity index (χ2n) is 5.80. The maximum absolute atomic E-state index is 11.2. The fourth-order valence-electron chi connectivity index (χ4n) is 2.45. The number of ether oxygens (including phenoxy) is 2. The molecule has 0 saturated carbocycles. The van der Waals surface area contributed by atoms with Crippen LogP contribution in [0, 0.1) is 20.2 Å². The van der Waals surface area contributed by atoms with Crippen molar-refractivity contribution in [3.63, 3.8) is 0 Å². The van der Waals surface area contributed by atoms with Crippen molar-refractivity contribution in [2.45, 2.75) is 0 Å². The molecule has 0 saturated heterocycles. The largest absolute Gasteiger partial charge is 0.497 e. The first-order chi connectivity index (χ1) is 14.0. The molecule has 0 aliphatic rings. The number of benzene rings is 3. The molecule has 9 heteroatoms. The van der Waals surface area contributed by atoms with Gasteiger partial charge in [0, 0.05) is 12.3 Å². The Labute approximate surface area is 165 Å². The van der Waals surface area contributed by atoms with Crippen molar-refractivity contribution in [1.29, 1.82) is 0 Å². The van der Waals surface area contributed by atoms with Crippen LogP contribution in [0.25, 0.3) is 0 Å². The summed E-state index contributed by atoms with van der Waals surface area (Å²) >= 11 is 0. The highest BCUT2D eigenvalue weighted by Crippen LogP contribution is 2.34. The lowest BCUT2D eigenvalue weighted by atomic mass is 10.2. The van der Waals surface area contributed by atoms with Gasteiger partial charge < -0.3 is 9.47 Å². The van der Waals surface area contributed by atoms with E-state index in [1.165, 1.54) is 6.07 Å². The minimum absolute atomic E-state index is 0.0927. The number of nitrogens with zero attached hydrogens (tertiary/aromatic N) is 3. The molecule has 3 aromatic rings.